The molecule has 2 rings (SSSR count). The summed E-state index contributed by atoms with van der Waals surface area (Å²) in [5.41, 5.74) is 0.668. The van der Waals surface area contributed by atoms with Gasteiger partial charge in [-0.05, 0) is 33.4 Å². The van der Waals surface area contributed by atoms with Crippen LogP contribution in [0.4, 0.5) is 4.39 Å². The van der Waals surface area contributed by atoms with Gasteiger partial charge in [0.15, 0.2) is 0 Å². The molecule has 0 aliphatic carbocycles. The zero-order valence-corrected chi connectivity index (χ0v) is 8.90. The SMILES string of the molecule is Fc1ccnc(-c2sccc2Br)c1. The Hall–Kier alpha value is -0.740. The Morgan fingerprint density at radius 1 is 1.38 bits per heavy atom. The molecule has 0 saturated heterocycles. The maximum atomic E-state index is 12.8. The minimum atomic E-state index is -0.259. The Labute approximate surface area is 87.4 Å². The number of hydrogen-bond acceptors (Lipinski definition) is 2. The fourth-order valence-corrected chi connectivity index (χ4v) is 2.55. The second kappa shape index (κ2) is 3.55. The first-order valence-corrected chi connectivity index (χ1v) is 5.29. The zero-order chi connectivity index (χ0) is 9.26. The molecule has 0 aromatic carbocycles. The lowest BCUT2D eigenvalue weighted by Gasteiger charge is -1.96. The van der Waals surface area contributed by atoms with Crippen molar-refractivity contribution in [3.05, 3.63) is 40.1 Å². The molecule has 0 unspecified atom stereocenters. The molecule has 66 valence electrons. The predicted octanol–water partition coefficient (Wildman–Crippen LogP) is 3.71. The molecule has 0 aliphatic heterocycles. The van der Waals surface area contributed by atoms with E-state index in [9.17, 15) is 4.39 Å². The maximum absolute atomic E-state index is 12.8. The Balaban J connectivity index is 2.53. The van der Waals surface area contributed by atoms with Crippen LogP contribution in [0.2, 0.25) is 0 Å². The molecule has 0 amide bonds. The monoisotopic (exact) mass is 257 g/mol. The fourth-order valence-electron chi connectivity index (χ4n) is 1.01. The van der Waals surface area contributed by atoms with Crippen molar-refractivity contribution in [3.63, 3.8) is 0 Å². The summed E-state index contributed by atoms with van der Waals surface area (Å²) < 4.78 is 13.8. The number of halogens is 2. The molecule has 0 fully saturated rings. The van der Waals surface area contributed by atoms with Gasteiger partial charge in [-0.3, -0.25) is 4.98 Å². The molecule has 13 heavy (non-hydrogen) atoms. The van der Waals surface area contributed by atoms with E-state index in [1.54, 1.807) is 0 Å². The number of nitrogens with zero attached hydrogens (tertiary/aromatic N) is 1. The summed E-state index contributed by atoms with van der Waals surface area (Å²) in [5, 5.41) is 1.94. The van der Waals surface area contributed by atoms with E-state index >= 15 is 0 Å². The van der Waals surface area contributed by atoms with Gasteiger partial charge in [-0.25, -0.2) is 4.39 Å². The van der Waals surface area contributed by atoms with E-state index in [0.29, 0.717) is 5.69 Å². The summed E-state index contributed by atoms with van der Waals surface area (Å²) in [5.74, 6) is -0.259. The summed E-state index contributed by atoms with van der Waals surface area (Å²) >= 11 is 4.91. The van der Waals surface area contributed by atoms with Gasteiger partial charge in [0, 0.05) is 16.7 Å². The van der Waals surface area contributed by atoms with Crippen LogP contribution >= 0.6 is 27.3 Å². The fraction of sp³-hybridized carbons (Fsp3) is 0. The minimum absolute atomic E-state index is 0.259. The summed E-state index contributed by atoms with van der Waals surface area (Å²) in [4.78, 5) is 5.04. The van der Waals surface area contributed by atoms with Gasteiger partial charge in [-0.2, -0.15) is 0 Å². The van der Waals surface area contributed by atoms with Crippen LogP contribution in [0.15, 0.2) is 34.2 Å². The van der Waals surface area contributed by atoms with E-state index in [-0.39, 0.29) is 5.82 Å². The van der Waals surface area contributed by atoms with Gasteiger partial charge in [0.2, 0.25) is 0 Å². The number of thiophene rings is 1. The molecule has 0 bridgehead atoms. The summed E-state index contributed by atoms with van der Waals surface area (Å²) in [6, 6.07) is 4.69. The van der Waals surface area contributed by atoms with Gasteiger partial charge in [0.1, 0.15) is 5.82 Å². The molecule has 1 nitrogen and oxygen atoms in total. The highest BCUT2D eigenvalue weighted by atomic mass is 79.9. The largest absolute Gasteiger partial charge is 0.255 e. The third-order valence-electron chi connectivity index (χ3n) is 1.57. The van der Waals surface area contributed by atoms with E-state index in [0.717, 1.165) is 9.35 Å². The Morgan fingerprint density at radius 2 is 2.23 bits per heavy atom. The Kier molecular flexibility index (Phi) is 2.42. The van der Waals surface area contributed by atoms with Gasteiger partial charge >= 0.3 is 0 Å². The molecule has 0 radical (unpaired) electrons. The van der Waals surface area contributed by atoms with Gasteiger partial charge in [0.25, 0.3) is 0 Å². The number of rotatable bonds is 1. The molecule has 4 heteroatoms. The van der Waals surface area contributed by atoms with Crippen LogP contribution in [0, 0.1) is 5.82 Å². The zero-order valence-electron chi connectivity index (χ0n) is 6.50. The highest BCUT2D eigenvalue weighted by Gasteiger charge is 2.05. The highest BCUT2D eigenvalue weighted by Crippen LogP contribution is 2.32. The summed E-state index contributed by atoms with van der Waals surface area (Å²) in [7, 11) is 0. The molecule has 0 spiro atoms. The normalized spacial score (nSPS) is 10.3. The highest BCUT2D eigenvalue weighted by molar-refractivity contribution is 9.10. The number of aromatic nitrogens is 1. The lowest BCUT2D eigenvalue weighted by molar-refractivity contribution is 0.626. The van der Waals surface area contributed by atoms with Crippen LogP contribution in [0.5, 0.6) is 0 Å². The average molecular weight is 258 g/mol. The van der Waals surface area contributed by atoms with Gasteiger partial charge in [-0.1, -0.05) is 0 Å². The average Bonchev–Trinajstić information content (AvgIpc) is 2.51. The first-order chi connectivity index (χ1) is 6.27. The number of hydrogen-bond donors (Lipinski definition) is 0. The first kappa shape index (κ1) is 8.84. The maximum Gasteiger partial charge on any atom is 0.126 e. The first-order valence-electron chi connectivity index (χ1n) is 3.62. The van der Waals surface area contributed by atoms with Crippen LogP contribution in [-0.2, 0) is 0 Å². The molecule has 0 saturated carbocycles. The lowest BCUT2D eigenvalue weighted by atomic mass is 10.3. The van der Waals surface area contributed by atoms with Crippen molar-refractivity contribution < 1.29 is 4.39 Å². The Bertz CT molecular complexity index is 427. The summed E-state index contributed by atoms with van der Waals surface area (Å²) in [6.45, 7) is 0. The van der Waals surface area contributed by atoms with E-state index in [4.69, 9.17) is 0 Å². The van der Waals surface area contributed by atoms with Crippen molar-refractivity contribution in [2.75, 3.05) is 0 Å². The van der Waals surface area contributed by atoms with Crippen LogP contribution < -0.4 is 0 Å². The lowest BCUT2D eigenvalue weighted by Crippen LogP contribution is -1.81. The van der Waals surface area contributed by atoms with Crippen LogP contribution in [0.1, 0.15) is 0 Å². The predicted molar refractivity (Wildman–Crippen MR) is 55.2 cm³/mol. The molecular weight excluding hydrogens is 253 g/mol. The minimum Gasteiger partial charge on any atom is -0.255 e. The van der Waals surface area contributed by atoms with E-state index in [1.807, 2.05) is 11.4 Å². The second-order valence-electron chi connectivity index (χ2n) is 2.46. The topological polar surface area (TPSA) is 12.9 Å². The van der Waals surface area contributed by atoms with Crippen molar-refractivity contribution in [2.24, 2.45) is 0 Å². The van der Waals surface area contributed by atoms with Crippen molar-refractivity contribution in [3.8, 4) is 10.6 Å². The van der Waals surface area contributed by atoms with E-state index in [2.05, 4.69) is 20.9 Å². The molecular formula is C9H5BrFNS. The third kappa shape index (κ3) is 1.78. The molecule has 2 heterocycles. The van der Waals surface area contributed by atoms with Crippen molar-refractivity contribution >= 4 is 27.3 Å². The van der Waals surface area contributed by atoms with Crippen molar-refractivity contribution in [1.29, 1.82) is 0 Å². The number of pyridine rings is 1. The van der Waals surface area contributed by atoms with Crippen LogP contribution in [0.3, 0.4) is 0 Å². The van der Waals surface area contributed by atoms with Crippen LogP contribution in [0.25, 0.3) is 10.6 Å². The van der Waals surface area contributed by atoms with Crippen molar-refractivity contribution in [2.45, 2.75) is 0 Å². The van der Waals surface area contributed by atoms with Crippen LogP contribution in [-0.4, -0.2) is 4.98 Å². The second-order valence-corrected chi connectivity index (χ2v) is 4.23. The molecule has 2 aromatic rings. The molecule has 0 atom stereocenters. The third-order valence-corrected chi connectivity index (χ3v) is 3.43. The smallest absolute Gasteiger partial charge is 0.126 e. The van der Waals surface area contributed by atoms with E-state index < -0.39 is 0 Å². The molecule has 2 aromatic heterocycles. The van der Waals surface area contributed by atoms with Crippen molar-refractivity contribution in [1.82, 2.24) is 4.98 Å². The van der Waals surface area contributed by atoms with E-state index in [1.165, 1.54) is 29.7 Å². The van der Waals surface area contributed by atoms with Gasteiger partial charge in [-0.15, -0.1) is 11.3 Å². The van der Waals surface area contributed by atoms with Gasteiger partial charge in [0.05, 0.1) is 10.6 Å². The molecule has 0 aliphatic rings. The quantitative estimate of drug-likeness (QED) is 0.759. The molecule has 0 N–H and O–H groups in total. The van der Waals surface area contributed by atoms with Gasteiger partial charge < -0.3 is 0 Å². The standard InChI is InChI=1S/C9H5BrFNS/c10-7-2-4-13-9(7)8-5-6(11)1-3-12-8/h1-5H. The summed E-state index contributed by atoms with van der Waals surface area (Å²) in [6.07, 6.45) is 1.47. The Morgan fingerprint density at radius 3 is 2.85 bits per heavy atom.